The molecule has 1 saturated heterocycles. The Morgan fingerprint density at radius 3 is 2.40 bits per heavy atom. The molecule has 0 saturated carbocycles. The molecular formula is C31H35BrF3N5O7S. The zero-order chi connectivity index (χ0) is 35.3. The number of ether oxygens (including phenoxy) is 2. The molecule has 2 aliphatic heterocycles. The highest BCUT2D eigenvalue weighted by atomic mass is 79.9. The molecule has 260 valence electrons. The Labute approximate surface area is 283 Å². The van der Waals surface area contributed by atoms with Crippen LogP contribution in [0.1, 0.15) is 49.4 Å². The third-order valence-electron chi connectivity index (χ3n) is 7.83. The van der Waals surface area contributed by atoms with Gasteiger partial charge in [-0.2, -0.15) is 21.6 Å². The maximum atomic E-state index is 13.8. The number of aliphatic hydroxyl groups is 1. The van der Waals surface area contributed by atoms with Crippen molar-refractivity contribution < 1.29 is 45.8 Å². The number of nitrogens with zero attached hydrogens (tertiary/aromatic N) is 4. The van der Waals surface area contributed by atoms with E-state index in [0.717, 1.165) is 10.1 Å². The first-order chi connectivity index (χ1) is 22.3. The van der Waals surface area contributed by atoms with Crippen molar-refractivity contribution in [3.05, 3.63) is 63.0 Å². The molecule has 1 unspecified atom stereocenters. The Morgan fingerprint density at radius 2 is 1.79 bits per heavy atom. The number of nitrogens with one attached hydrogen (secondary N) is 1. The molecule has 0 spiro atoms. The van der Waals surface area contributed by atoms with E-state index in [2.05, 4.69) is 26.2 Å². The minimum atomic E-state index is -6.16. The molecule has 5 rings (SSSR count). The molecule has 0 bridgehead atoms. The summed E-state index contributed by atoms with van der Waals surface area (Å²) in [5.41, 5.74) is -4.64. The Bertz CT molecular complexity index is 1920. The number of hydrogen-bond donors (Lipinski definition) is 2. The standard InChI is InChI=1S/C31H35BrF3N5O7S/c1-17-6-7-19(13-21(17)32)24(41)15-36-22-16-39(48(44,45)31(33,34)35)28(42)25(22)27-37-26-18(2)12-20(38-8-10-46-11-9-38)14-23(26)40(27)29(43)47-30(3,4)5/h6-7,12-14,24,36,41H,8-11,15-16H2,1-5H3. The van der Waals surface area contributed by atoms with Gasteiger partial charge in [-0.1, -0.05) is 28.1 Å². The number of carbonyl (C=O) groups is 2. The second-order valence-corrected chi connectivity index (χ2v) is 15.2. The molecular weight excluding hydrogens is 723 g/mol. The first-order valence-electron chi connectivity index (χ1n) is 14.9. The van der Waals surface area contributed by atoms with Crippen LogP contribution in [0.3, 0.4) is 0 Å². The second-order valence-electron chi connectivity index (χ2n) is 12.5. The second kappa shape index (κ2) is 13.0. The number of aryl methyl sites for hydroxylation is 2. The van der Waals surface area contributed by atoms with Crippen molar-refractivity contribution in [3.63, 3.8) is 0 Å². The number of sulfonamides is 1. The SMILES string of the molecule is Cc1ccc(C(O)CNC2=C(c3nc4c(C)cc(N5CCOCC5)cc4n3C(=O)OC(C)(C)C)C(=O)N(S(=O)(=O)C(F)(F)F)C2)cc1Br. The van der Waals surface area contributed by atoms with Gasteiger partial charge in [-0.25, -0.2) is 18.7 Å². The smallest absolute Gasteiger partial charge is 0.443 e. The van der Waals surface area contributed by atoms with Gasteiger partial charge in [0.25, 0.3) is 5.91 Å². The molecule has 2 N–H and O–H groups in total. The lowest BCUT2D eigenvalue weighted by Gasteiger charge is -2.29. The number of carbonyl (C=O) groups excluding carboxylic acids is 2. The van der Waals surface area contributed by atoms with Crippen LogP contribution in [0.5, 0.6) is 0 Å². The van der Waals surface area contributed by atoms with Crippen molar-refractivity contribution >= 4 is 60.2 Å². The summed E-state index contributed by atoms with van der Waals surface area (Å²) in [6, 6.07) is 8.54. The fourth-order valence-electron chi connectivity index (χ4n) is 5.39. The lowest BCUT2D eigenvalue weighted by molar-refractivity contribution is -0.121. The molecule has 2 aromatic carbocycles. The fourth-order valence-corrected chi connectivity index (χ4v) is 6.64. The van der Waals surface area contributed by atoms with E-state index >= 15 is 0 Å². The summed E-state index contributed by atoms with van der Waals surface area (Å²) in [6.45, 7) is 9.10. The molecule has 0 aliphatic carbocycles. The zero-order valence-corrected chi connectivity index (χ0v) is 29.2. The van der Waals surface area contributed by atoms with Crippen molar-refractivity contribution in [2.24, 2.45) is 0 Å². The third kappa shape index (κ3) is 6.91. The van der Waals surface area contributed by atoms with Gasteiger partial charge in [0.2, 0.25) is 0 Å². The van der Waals surface area contributed by atoms with E-state index in [1.807, 2.05) is 17.9 Å². The summed E-state index contributed by atoms with van der Waals surface area (Å²) >= 11 is 3.39. The van der Waals surface area contributed by atoms with Gasteiger partial charge in [-0.15, -0.1) is 0 Å². The lowest BCUT2D eigenvalue weighted by atomic mass is 10.1. The maximum Gasteiger partial charge on any atom is 0.516 e. The average Bonchev–Trinajstić information content (AvgIpc) is 3.54. The van der Waals surface area contributed by atoms with Crippen LogP contribution in [0.25, 0.3) is 16.6 Å². The van der Waals surface area contributed by atoms with Gasteiger partial charge < -0.3 is 24.8 Å². The van der Waals surface area contributed by atoms with E-state index in [9.17, 15) is 36.3 Å². The largest absolute Gasteiger partial charge is 0.516 e. The van der Waals surface area contributed by atoms with Crippen molar-refractivity contribution in [2.75, 3.05) is 44.3 Å². The number of halogens is 4. The van der Waals surface area contributed by atoms with Crippen LogP contribution in [-0.2, 0) is 24.3 Å². The molecule has 2 aliphatic rings. The number of hydrogen-bond acceptors (Lipinski definition) is 10. The third-order valence-corrected chi connectivity index (χ3v) is 10.1. The van der Waals surface area contributed by atoms with Crippen LogP contribution in [0, 0.1) is 13.8 Å². The Kier molecular flexibility index (Phi) is 9.64. The molecule has 1 atom stereocenters. The summed E-state index contributed by atoms with van der Waals surface area (Å²) in [5.74, 6) is -1.96. The molecule has 3 aromatic rings. The van der Waals surface area contributed by atoms with Crippen LogP contribution in [0.4, 0.5) is 23.7 Å². The minimum Gasteiger partial charge on any atom is -0.443 e. The summed E-state index contributed by atoms with van der Waals surface area (Å²) in [4.78, 5) is 34.2. The van der Waals surface area contributed by atoms with Crippen LogP contribution in [0.15, 0.2) is 40.5 Å². The van der Waals surface area contributed by atoms with Gasteiger partial charge in [0.05, 0.1) is 36.9 Å². The quantitative estimate of drug-likeness (QED) is 0.347. The normalized spacial score (nSPS) is 17.0. The molecule has 1 fully saturated rings. The number of alkyl halides is 3. The van der Waals surface area contributed by atoms with Gasteiger partial charge in [0, 0.05) is 35.5 Å². The van der Waals surface area contributed by atoms with Gasteiger partial charge >= 0.3 is 21.6 Å². The molecule has 1 aromatic heterocycles. The topological polar surface area (TPSA) is 143 Å². The fraction of sp³-hybridized carbons (Fsp3) is 0.452. The Hall–Kier alpha value is -3.67. The summed E-state index contributed by atoms with van der Waals surface area (Å²) < 4.78 is 79.0. The lowest BCUT2D eigenvalue weighted by Crippen LogP contribution is -2.43. The number of aliphatic hydroxyl groups excluding tert-OH is 1. The number of fused-ring (bicyclic) bond motifs is 1. The van der Waals surface area contributed by atoms with Crippen molar-refractivity contribution in [2.45, 2.75) is 51.8 Å². The highest BCUT2D eigenvalue weighted by Crippen LogP contribution is 2.38. The highest BCUT2D eigenvalue weighted by Gasteiger charge is 2.55. The molecule has 0 radical (unpaired) electrons. The van der Waals surface area contributed by atoms with Crippen LogP contribution in [0.2, 0.25) is 0 Å². The van der Waals surface area contributed by atoms with E-state index in [1.54, 1.807) is 52.0 Å². The summed E-state index contributed by atoms with van der Waals surface area (Å²) in [7, 11) is -6.16. The maximum absolute atomic E-state index is 13.8. The predicted octanol–water partition coefficient (Wildman–Crippen LogP) is 4.76. The number of imidazole rings is 1. The zero-order valence-electron chi connectivity index (χ0n) is 26.8. The van der Waals surface area contributed by atoms with Crippen LogP contribution < -0.4 is 10.2 Å². The number of aromatic nitrogens is 2. The molecule has 12 nitrogen and oxygen atoms in total. The van der Waals surface area contributed by atoms with Gasteiger partial charge in [-0.3, -0.25) is 4.79 Å². The van der Waals surface area contributed by atoms with Crippen molar-refractivity contribution in [3.8, 4) is 0 Å². The molecule has 1 amide bonds. The van der Waals surface area contributed by atoms with Crippen LogP contribution in [-0.4, -0.2) is 89.9 Å². The molecule has 48 heavy (non-hydrogen) atoms. The monoisotopic (exact) mass is 757 g/mol. The van der Waals surface area contributed by atoms with E-state index in [0.29, 0.717) is 47.6 Å². The summed E-state index contributed by atoms with van der Waals surface area (Å²) in [6.07, 6.45) is -2.21. The van der Waals surface area contributed by atoms with E-state index in [-0.39, 0.29) is 27.6 Å². The van der Waals surface area contributed by atoms with Crippen LogP contribution >= 0.6 is 15.9 Å². The number of morpholine rings is 1. The number of amides is 1. The van der Waals surface area contributed by atoms with Gasteiger partial charge in [-0.05, 0) is 69.5 Å². The van der Waals surface area contributed by atoms with Crippen molar-refractivity contribution in [1.82, 2.24) is 19.2 Å². The number of rotatable bonds is 7. The van der Waals surface area contributed by atoms with E-state index < -0.39 is 57.2 Å². The number of benzene rings is 2. The number of anilines is 1. The minimum absolute atomic E-state index is 0.196. The predicted molar refractivity (Wildman–Crippen MR) is 175 cm³/mol. The first kappa shape index (κ1) is 35.6. The van der Waals surface area contributed by atoms with Gasteiger partial charge in [0.1, 0.15) is 11.2 Å². The van der Waals surface area contributed by atoms with E-state index in [4.69, 9.17) is 9.47 Å². The first-order valence-corrected chi connectivity index (χ1v) is 17.2. The average molecular weight is 759 g/mol. The van der Waals surface area contributed by atoms with Crippen molar-refractivity contribution in [1.29, 1.82) is 0 Å². The Morgan fingerprint density at radius 1 is 1.12 bits per heavy atom. The van der Waals surface area contributed by atoms with Gasteiger partial charge in [0.15, 0.2) is 5.82 Å². The summed E-state index contributed by atoms with van der Waals surface area (Å²) in [5, 5.41) is 13.7. The Balaban J connectivity index is 1.68. The van der Waals surface area contributed by atoms with E-state index in [1.165, 1.54) is 0 Å². The highest BCUT2D eigenvalue weighted by molar-refractivity contribution is 9.10. The molecule has 17 heteroatoms. The molecule has 3 heterocycles.